The number of anilines is 1. The summed E-state index contributed by atoms with van der Waals surface area (Å²) in [4.78, 5) is 38.0. The molecule has 0 fully saturated rings. The molecule has 0 saturated carbocycles. The molecule has 1 aromatic carbocycles. The molecule has 1 aromatic rings. The Kier molecular flexibility index (Phi) is 8.95. The summed E-state index contributed by atoms with van der Waals surface area (Å²) < 4.78 is 10.3. The Labute approximate surface area is 187 Å². The molecule has 0 N–H and O–H groups in total. The van der Waals surface area contributed by atoms with Gasteiger partial charge in [-0.1, -0.05) is 18.2 Å². The second-order valence-electron chi connectivity index (χ2n) is 6.97. The molecule has 0 aliphatic carbocycles. The minimum absolute atomic E-state index is 0.0371. The quantitative estimate of drug-likeness (QED) is 0.139. The standard InChI is InChI=1S/C24H28N2O6/c1-5-15-25-20-16-17(4)11-13-19(20)23(24(25)29)26(30)18(12-14-22(28)32-7-3)9-8-10-21(27)31-6-2/h5,8,10-14,16,18H,1,6-7,9,15H2,2-4H3/b10-8+,14-12+,26-23-. The van der Waals surface area contributed by atoms with Gasteiger partial charge < -0.3 is 14.7 Å². The van der Waals surface area contributed by atoms with Gasteiger partial charge in [-0.2, -0.15) is 4.74 Å². The van der Waals surface area contributed by atoms with Crippen molar-refractivity contribution in [1.82, 2.24) is 0 Å². The number of benzene rings is 1. The number of amides is 1. The highest BCUT2D eigenvalue weighted by Crippen LogP contribution is 2.30. The monoisotopic (exact) mass is 440 g/mol. The maximum Gasteiger partial charge on any atom is 0.330 e. The molecule has 170 valence electrons. The first kappa shape index (κ1) is 24.6. The molecule has 0 spiro atoms. The van der Waals surface area contributed by atoms with Crippen LogP contribution in [0.1, 0.15) is 31.4 Å². The van der Waals surface area contributed by atoms with E-state index in [1.165, 1.54) is 23.1 Å². The van der Waals surface area contributed by atoms with Gasteiger partial charge in [0.1, 0.15) is 0 Å². The number of fused-ring (bicyclic) bond motifs is 1. The number of aryl methyl sites for hydroxylation is 1. The van der Waals surface area contributed by atoms with Gasteiger partial charge in [-0.15, -0.1) is 6.58 Å². The molecule has 8 heteroatoms. The van der Waals surface area contributed by atoms with Crippen LogP contribution in [0.15, 0.2) is 55.2 Å². The molecule has 0 radical (unpaired) electrons. The third-order valence-electron chi connectivity index (χ3n) is 4.64. The van der Waals surface area contributed by atoms with Crippen LogP contribution in [0, 0.1) is 12.1 Å². The zero-order valence-corrected chi connectivity index (χ0v) is 18.6. The topological polar surface area (TPSA) is 99.0 Å². The van der Waals surface area contributed by atoms with Gasteiger partial charge >= 0.3 is 17.8 Å². The first-order valence-corrected chi connectivity index (χ1v) is 10.4. The molecule has 1 aliphatic heterocycles. The van der Waals surface area contributed by atoms with Crippen molar-refractivity contribution in [1.29, 1.82) is 0 Å². The molecule has 0 aromatic heterocycles. The fraction of sp³-hybridized carbons (Fsp3) is 0.333. The van der Waals surface area contributed by atoms with Crippen LogP contribution in [-0.4, -0.2) is 54.1 Å². The van der Waals surface area contributed by atoms with Crippen molar-refractivity contribution in [2.24, 2.45) is 0 Å². The number of rotatable bonds is 10. The molecule has 1 aliphatic rings. The Hall–Kier alpha value is -3.68. The molecule has 1 atom stereocenters. The lowest BCUT2D eigenvalue weighted by atomic mass is 10.1. The number of carbonyl (C=O) groups is 3. The lowest BCUT2D eigenvalue weighted by Crippen LogP contribution is -2.36. The van der Waals surface area contributed by atoms with Gasteiger partial charge in [0.2, 0.25) is 0 Å². The van der Waals surface area contributed by atoms with Gasteiger partial charge in [0.05, 0.1) is 24.5 Å². The minimum Gasteiger partial charge on any atom is -0.623 e. The second kappa shape index (κ2) is 11.6. The van der Waals surface area contributed by atoms with Crippen molar-refractivity contribution < 1.29 is 28.6 Å². The summed E-state index contributed by atoms with van der Waals surface area (Å²) in [7, 11) is 0. The fourth-order valence-electron chi connectivity index (χ4n) is 3.23. The lowest BCUT2D eigenvalue weighted by molar-refractivity contribution is -0.485. The van der Waals surface area contributed by atoms with Crippen LogP contribution in [0.5, 0.6) is 0 Å². The van der Waals surface area contributed by atoms with E-state index in [9.17, 15) is 19.6 Å². The van der Waals surface area contributed by atoms with E-state index in [1.54, 1.807) is 26.0 Å². The van der Waals surface area contributed by atoms with Gasteiger partial charge in [0.25, 0.3) is 5.71 Å². The van der Waals surface area contributed by atoms with Crippen molar-refractivity contribution in [3.63, 3.8) is 0 Å². The van der Waals surface area contributed by atoms with Crippen LogP contribution >= 0.6 is 0 Å². The normalized spacial score (nSPS) is 15.7. The molecule has 0 saturated heterocycles. The van der Waals surface area contributed by atoms with E-state index in [0.29, 0.717) is 16.0 Å². The Morgan fingerprint density at radius 1 is 1.19 bits per heavy atom. The zero-order chi connectivity index (χ0) is 23.7. The summed E-state index contributed by atoms with van der Waals surface area (Å²) >= 11 is 0. The van der Waals surface area contributed by atoms with Crippen LogP contribution in [0.4, 0.5) is 5.69 Å². The number of hydrogen-bond acceptors (Lipinski definition) is 6. The molecule has 2 rings (SSSR count). The number of ether oxygens (including phenoxy) is 2. The highest BCUT2D eigenvalue weighted by Gasteiger charge is 2.40. The number of hydroxylamine groups is 1. The molecule has 1 amide bonds. The summed E-state index contributed by atoms with van der Waals surface area (Å²) in [6.45, 7) is 9.61. The van der Waals surface area contributed by atoms with Crippen LogP contribution in [-0.2, 0) is 23.9 Å². The summed E-state index contributed by atoms with van der Waals surface area (Å²) in [6.07, 6.45) is 6.85. The van der Waals surface area contributed by atoms with Crippen LogP contribution in [0.3, 0.4) is 0 Å². The van der Waals surface area contributed by atoms with Crippen LogP contribution in [0.2, 0.25) is 0 Å². The van der Waals surface area contributed by atoms with E-state index in [0.717, 1.165) is 11.6 Å². The predicted octanol–water partition coefficient (Wildman–Crippen LogP) is 2.82. The molecular weight excluding hydrogens is 412 g/mol. The maximum absolute atomic E-state index is 13.4. The zero-order valence-electron chi connectivity index (χ0n) is 18.6. The van der Waals surface area contributed by atoms with Gasteiger partial charge in [0.15, 0.2) is 6.04 Å². The van der Waals surface area contributed by atoms with Gasteiger partial charge in [-0.3, -0.25) is 9.69 Å². The van der Waals surface area contributed by atoms with Gasteiger partial charge in [0, 0.05) is 25.1 Å². The van der Waals surface area contributed by atoms with E-state index < -0.39 is 23.9 Å². The largest absolute Gasteiger partial charge is 0.623 e. The Morgan fingerprint density at radius 2 is 1.84 bits per heavy atom. The molecule has 1 heterocycles. The van der Waals surface area contributed by atoms with Gasteiger partial charge in [-0.25, -0.2) is 9.59 Å². The first-order valence-electron chi connectivity index (χ1n) is 10.4. The molecular formula is C24H28N2O6. The molecule has 8 nitrogen and oxygen atoms in total. The number of nitrogens with zero attached hydrogens (tertiary/aromatic N) is 2. The van der Waals surface area contributed by atoms with Crippen molar-refractivity contribution >= 4 is 29.2 Å². The Balaban J connectivity index is 2.48. The highest BCUT2D eigenvalue weighted by molar-refractivity contribution is 6.52. The summed E-state index contributed by atoms with van der Waals surface area (Å²) in [5.74, 6) is -1.60. The summed E-state index contributed by atoms with van der Waals surface area (Å²) in [5, 5.41) is 13.4. The fourth-order valence-corrected chi connectivity index (χ4v) is 3.23. The van der Waals surface area contributed by atoms with Crippen molar-refractivity contribution in [3.8, 4) is 0 Å². The smallest absolute Gasteiger partial charge is 0.330 e. The molecule has 32 heavy (non-hydrogen) atoms. The van der Waals surface area contributed by atoms with E-state index in [1.807, 2.05) is 19.1 Å². The van der Waals surface area contributed by atoms with Crippen LogP contribution in [0.25, 0.3) is 0 Å². The lowest BCUT2D eigenvalue weighted by Gasteiger charge is -2.15. The third-order valence-corrected chi connectivity index (χ3v) is 4.64. The Morgan fingerprint density at radius 3 is 2.47 bits per heavy atom. The molecule has 1 unspecified atom stereocenters. The highest BCUT2D eigenvalue weighted by atomic mass is 16.5. The van der Waals surface area contributed by atoms with Crippen molar-refractivity contribution in [2.75, 3.05) is 24.7 Å². The average molecular weight is 440 g/mol. The average Bonchev–Trinajstić information content (AvgIpc) is 3.01. The van der Waals surface area contributed by atoms with Crippen molar-refractivity contribution in [2.45, 2.75) is 33.2 Å². The van der Waals surface area contributed by atoms with E-state index in [2.05, 4.69) is 6.58 Å². The minimum atomic E-state index is -0.929. The van der Waals surface area contributed by atoms with E-state index in [-0.39, 0.29) is 31.9 Å². The van der Waals surface area contributed by atoms with Crippen molar-refractivity contribution in [3.05, 3.63) is 71.5 Å². The summed E-state index contributed by atoms with van der Waals surface area (Å²) in [6, 6.07) is 4.46. The van der Waals surface area contributed by atoms with E-state index in [4.69, 9.17) is 9.47 Å². The number of esters is 2. The summed E-state index contributed by atoms with van der Waals surface area (Å²) in [5.41, 5.74) is 2.03. The molecule has 0 bridgehead atoms. The van der Waals surface area contributed by atoms with E-state index >= 15 is 0 Å². The third kappa shape index (κ3) is 5.94. The second-order valence-corrected chi connectivity index (χ2v) is 6.97. The number of hydrogen-bond donors (Lipinski definition) is 0. The predicted molar refractivity (Wildman–Crippen MR) is 121 cm³/mol. The number of carbonyl (C=O) groups excluding carboxylic acids is 3. The first-order chi connectivity index (χ1) is 15.3. The Bertz CT molecular complexity index is 977. The van der Waals surface area contributed by atoms with Gasteiger partial charge in [-0.05, 0) is 44.5 Å². The van der Waals surface area contributed by atoms with Crippen LogP contribution < -0.4 is 4.90 Å². The SMILES string of the molecule is C=CCN1C(=O)/C(=[N+](\[O-])C(/C=C/C(=O)OCC)C/C=C/C(=O)OCC)c2ccc(C)cc21. The maximum atomic E-state index is 13.4.